The summed E-state index contributed by atoms with van der Waals surface area (Å²) in [7, 11) is 0. The van der Waals surface area contributed by atoms with Gasteiger partial charge in [0, 0.05) is 6.42 Å². The number of rotatable bonds is 3. The smallest absolute Gasteiger partial charge is 0.121 e. The standard InChI is InChI=1S/C6H9NO/c1-2-6(5-7)3-4-8/h4,6H,2-3H2,1H3/t6-/m0/s1. The first-order chi connectivity index (χ1) is 3.85. The van der Waals surface area contributed by atoms with Gasteiger partial charge in [0.15, 0.2) is 0 Å². The third kappa shape index (κ3) is 2.35. The fourth-order valence-electron chi connectivity index (χ4n) is 0.427. The van der Waals surface area contributed by atoms with E-state index >= 15 is 0 Å². The predicted octanol–water partition coefficient (Wildman–Crippen LogP) is 1.13. The summed E-state index contributed by atoms with van der Waals surface area (Å²) in [5, 5.41) is 8.25. The summed E-state index contributed by atoms with van der Waals surface area (Å²) in [4.78, 5) is 9.78. The van der Waals surface area contributed by atoms with E-state index < -0.39 is 0 Å². The molecule has 2 nitrogen and oxygen atoms in total. The summed E-state index contributed by atoms with van der Waals surface area (Å²) < 4.78 is 0. The molecule has 0 aliphatic rings. The van der Waals surface area contributed by atoms with Gasteiger partial charge in [0.05, 0.1) is 12.0 Å². The molecule has 0 aliphatic carbocycles. The summed E-state index contributed by atoms with van der Waals surface area (Å²) in [5.41, 5.74) is 0. The van der Waals surface area contributed by atoms with Crippen molar-refractivity contribution < 1.29 is 4.79 Å². The Labute approximate surface area is 49.1 Å². The lowest BCUT2D eigenvalue weighted by molar-refractivity contribution is -0.108. The Hall–Kier alpha value is -0.840. The maximum Gasteiger partial charge on any atom is 0.121 e. The fraction of sp³-hybridized carbons (Fsp3) is 0.667. The summed E-state index contributed by atoms with van der Waals surface area (Å²) in [5.74, 6) is -0.0625. The first-order valence-electron chi connectivity index (χ1n) is 2.68. The maximum atomic E-state index is 9.78. The van der Waals surface area contributed by atoms with Crippen LogP contribution in [0.1, 0.15) is 19.8 Å². The van der Waals surface area contributed by atoms with Crippen molar-refractivity contribution in [3.05, 3.63) is 0 Å². The normalized spacial score (nSPS) is 12.0. The van der Waals surface area contributed by atoms with Gasteiger partial charge in [0.25, 0.3) is 0 Å². The SMILES string of the molecule is CC[C@H](C#N)CC=O. The summed E-state index contributed by atoms with van der Waals surface area (Å²) in [6.45, 7) is 1.90. The molecule has 0 rings (SSSR count). The number of nitrogens with zero attached hydrogens (tertiary/aromatic N) is 1. The Bertz CT molecular complexity index is 104. The Morgan fingerprint density at radius 3 is 2.62 bits per heavy atom. The summed E-state index contributed by atoms with van der Waals surface area (Å²) in [6.07, 6.45) is 1.94. The number of aldehydes is 1. The molecular formula is C6H9NO. The van der Waals surface area contributed by atoms with Crippen LogP contribution in [0.5, 0.6) is 0 Å². The van der Waals surface area contributed by atoms with Crippen LogP contribution in [-0.4, -0.2) is 6.29 Å². The number of carbonyl (C=O) groups excluding carboxylic acids is 1. The third-order valence-corrected chi connectivity index (χ3v) is 1.06. The minimum Gasteiger partial charge on any atom is -0.303 e. The minimum absolute atomic E-state index is 0.0625. The second-order valence-electron chi connectivity index (χ2n) is 1.64. The highest BCUT2D eigenvalue weighted by atomic mass is 16.1. The quantitative estimate of drug-likeness (QED) is 0.512. The Balaban J connectivity index is 3.40. The van der Waals surface area contributed by atoms with E-state index in [2.05, 4.69) is 0 Å². The maximum absolute atomic E-state index is 9.78. The van der Waals surface area contributed by atoms with E-state index in [1.54, 1.807) is 0 Å². The van der Waals surface area contributed by atoms with Gasteiger partial charge in [-0.25, -0.2) is 0 Å². The van der Waals surface area contributed by atoms with Crippen LogP contribution in [0.15, 0.2) is 0 Å². The zero-order valence-electron chi connectivity index (χ0n) is 4.92. The first-order valence-corrected chi connectivity index (χ1v) is 2.68. The van der Waals surface area contributed by atoms with Crippen molar-refractivity contribution in [1.82, 2.24) is 0 Å². The summed E-state index contributed by atoms with van der Waals surface area (Å²) >= 11 is 0. The minimum atomic E-state index is -0.0625. The van der Waals surface area contributed by atoms with Crippen molar-refractivity contribution in [2.45, 2.75) is 19.8 Å². The topological polar surface area (TPSA) is 40.9 Å². The molecular weight excluding hydrogens is 102 g/mol. The molecule has 0 fully saturated rings. The molecule has 1 atom stereocenters. The van der Waals surface area contributed by atoms with E-state index in [4.69, 9.17) is 5.26 Å². The summed E-state index contributed by atoms with van der Waals surface area (Å²) in [6, 6.07) is 2.02. The van der Waals surface area contributed by atoms with Gasteiger partial charge in [-0.2, -0.15) is 5.26 Å². The van der Waals surface area contributed by atoms with Gasteiger partial charge in [0.2, 0.25) is 0 Å². The highest BCUT2D eigenvalue weighted by Crippen LogP contribution is 2.02. The van der Waals surface area contributed by atoms with Crippen molar-refractivity contribution in [3.63, 3.8) is 0 Å². The van der Waals surface area contributed by atoms with Gasteiger partial charge in [-0.05, 0) is 6.42 Å². The second-order valence-corrected chi connectivity index (χ2v) is 1.64. The molecule has 0 aromatic heterocycles. The fourth-order valence-corrected chi connectivity index (χ4v) is 0.427. The third-order valence-electron chi connectivity index (χ3n) is 1.06. The number of carbonyl (C=O) groups is 1. The van der Waals surface area contributed by atoms with E-state index in [-0.39, 0.29) is 5.92 Å². The van der Waals surface area contributed by atoms with Crippen LogP contribution < -0.4 is 0 Å². The molecule has 44 valence electrons. The highest BCUT2D eigenvalue weighted by molar-refractivity contribution is 5.50. The van der Waals surface area contributed by atoms with Gasteiger partial charge in [-0.3, -0.25) is 0 Å². The average molecular weight is 111 g/mol. The van der Waals surface area contributed by atoms with Crippen molar-refractivity contribution in [2.24, 2.45) is 5.92 Å². The van der Waals surface area contributed by atoms with Gasteiger partial charge < -0.3 is 4.79 Å². The van der Waals surface area contributed by atoms with Crippen LogP contribution >= 0.6 is 0 Å². The molecule has 0 unspecified atom stereocenters. The monoisotopic (exact) mass is 111 g/mol. The lowest BCUT2D eigenvalue weighted by Gasteiger charge is -1.94. The molecule has 8 heavy (non-hydrogen) atoms. The molecule has 0 N–H and O–H groups in total. The van der Waals surface area contributed by atoms with Gasteiger partial charge in [-0.1, -0.05) is 6.92 Å². The van der Waals surface area contributed by atoms with Crippen LogP contribution in [0, 0.1) is 17.2 Å². The zero-order chi connectivity index (χ0) is 6.41. The number of nitriles is 1. The highest BCUT2D eigenvalue weighted by Gasteiger charge is 2.00. The van der Waals surface area contributed by atoms with Crippen LogP contribution in [0.4, 0.5) is 0 Å². The molecule has 0 saturated heterocycles. The van der Waals surface area contributed by atoms with Crippen molar-refractivity contribution >= 4 is 6.29 Å². The molecule has 0 heterocycles. The number of hydrogen-bond donors (Lipinski definition) is 0. The lowest BCUT2D eigenvalue weighted by Crippen LogP contribution is -1.93. The van der Waals surface area contributed by atoms with E-state index in [0.29, 0.717) is 6.42 Å². The van der Waals surface area contributed by atoms with Crippen LogP contribution in [-0.2, 0) is 4.79 Å². The van der Waals surface area contributed by atoms with Gasteiger partial charge in [-0.15, -0.1) is 0 Å². The molecule has 0 aliphatic heterocycles. The van der Waals surface area contributed by atoms with Crippen molar-refractivity contribution in [3.8, 4) is 6.07 Å². The Morgan fingerprint density at radius 2 is 2.50 bits per heavy atom. The average Bonchev–Trinajstić information content (AvgIpc) is 1.83. The van der Waals surface area contributed by atoms with Gasteiger partial charge >= 0.3 is 0 Å². The van der Waals surface area contributed by atoms with Crippen LogP contribution in [0.25, 0.3) is 0 Å². The molecule has 0 aromatic carbocycles. The Kier molecular flexibility index (Phi) is 3.87. The molecule has 0 spiro atoms. The molecule has 0 amide bonds. The van der Waals surface area contributed by atoms with Crippen LogP contribution in [0.3, 0.4) is 0 Å². The molecule has 0 radical (unpaired) electrons. The largest absolute Gasteiger partial charge is 0.303 e. The zero-order valence-corrected chi connectivity index (χ0v) is 4.92. The van der Waals surface area contributed by atoms with E-state index in [0.717, 1.165) is 12.7 Å². The van der Waals surface area contributed by atoms with Crippen molar-refractivity contribution in [1.29, 1.82) is 5.26 Å². The Morgan fingerprint density at radius 1 is 1.88 bits per heavy atom. The molecule has 0 bridgehead atoms. The van der Waals surface area contributed by atoms with E-state index in [1.165, 1.54) is 0 Å². The first kappa shape index (κ1) is 7.16. The predicted molar refractivity (Wildman–Crippen MR) is 30.1 cm³/mol. The van der Waals surface area contributed by atoms with E-state index in [1.807, 2.05) is 13.0 Å². The molecule has 2 heteroatoms. The second kappa shape index (κ2) is 4.32. The van der Waals surface area contributed by atoms with Crippen molar-refractivity contribution in [2.75, 3.05) is 0 Å². The lowest BCUT2D eigenvalue weighted by atomic mass is 10.1. The number of hydrogen-bond acceptors (Lipinski definition) is 2. The molecule has 0 saturated carbocycles. The van der Waals surface area contributed by atoms with Gasteiger partial charge in [0.1, 0.15) is 6.29 Å². The molecule has 0 aromatic rings. The van der Waals surface area contributed by atoms with Crippen LogP contribution in [0.2, 0.25) is 0 Å². The van der Waals surface area contributed by atoms with E-state index in [9.17, 15) is 4.79 Å².